The summed E-state index contributed by atoms with van der Waals surface area (Å²) in [4.78, 5) is 15.5. The molecular weight excluding hydrogens is 230 g/mol. The van der Waals surface area contributed by atoms with E-state index >= 15 is 0 Å². The van der Waals surface area contributed by atoms with Gasteiger partial charge in [0.05, 0.1) is 17.2 Å². The number of pyridine rings is 2. The van der Waals surface area contributed by atoms with E-state index in [0.717, 1.165) is 0 Å². The molecule has 0 N–H and O–H groups in total. The summed E-state index contributed by atoms with van der Waals surface area (Å²) in [5.74, 6) is -0.0553. The van der Waals surface area contributed by atoms with Crippen LogP contribution in [0.3, 0.4) is 0 Å². The van der Waals surface area contributed by atoms with Gasteiger partial charge in [0.1, 0.15) is 5.75 Å². The highest BCUT2D eigenvalue weighted by Crippen LogP contribution is 2.18. The minimum atomic E-state index is -2.90. The second-order valence-electron chi connectivity index (χ2n) is 3.37. The first-order valence-corrected chi connectivity index (χ1v) is 5.06. The highest BCUT2D eigenvalue weighted by molar-refractivity contribution is 5.75. The van der Waals surface area contributed by atoms with Gasteiger partial charge >= 0.3 is 6.61 Å². The van der Waals surface area contributed by atoms with Crippen LogP contribution in [0.25, 0.3) is 11.0 Å². The summed E-state index contributed by atoms with van der Waals surface area (Å²) < 4.78 is 29.8. The summed E-state index contributed by atoms with van der Waals surface area (Å²) in [6.07, 6.45) is 1.21. The summed E-state index contributed by atoms with van der Waals surface area (Å²) in [7, 11) is 0. The molecular formula is C11H10F2N2O2. The van der Waals surface area contributed by atoms with Crippen LogP contribution in [0.2, 0.25) is 0 Å². The Balaban J connectivity index is 2.61. The number of rotatable bonds is 3. The maximum Gasteiger partial charge on any atom is 0.387 e. The number of hydrogen-bond donors (Lipinski definition) is 0. The fourth-order valence-electron chi connectivity index (χ4n) is 1.64. The summed E-state index contributed by atoms with van der Waals surface area (Å²) in [6.45, 7) is -0.669. The van der Waals surface area contributed by atoms with Crippen molar-refractivity contribution in [2.45, 2.75) is 20.1 Å². The molecule has 0 unspecified atom stereocenters. The summed E-state index contributed by atoms with van der Waals surface area (Å²) >= 11 is 0. The van der Waals surface area contributed by atoms with Gasteiger partial charge in [0.15, 0.2) is 0 Å². The first-order chi connectivity index (χ1) is 8.11. The molecule has 0 saturated carbocycles. The van der Waals surface area contributed by atoms with Crippen LogP contribution >= 0.6 is 0 Å². The Morgan fingerprint density at radius 3 is 2.88 bits per heavy atom. The number of nitrogens with zero attached hydrogens (tertiary/aromatic N) is 2. The van der Waals surface area contributed by atoms with E-state index in [1.165, 1.54) is 22.9 Å². The first kappa shape index (κ1) is 11.5. The Hall–Kier alpha value is -1.98. The van der Waals surface area contributed by atoms with E-state index in [1.54, 1.807) is 13.0 Å². The van der Waals surface area contributed by atoms with E-state index in [1.807, 2.05) is 0 Å². The van der Waals surface area contributed by atoms with Crippen molar-refractivity contribution in [3.8, 4) is 5.75 Å². The van der Waals surface area contributed by atoms with Gasteiger partial charge in [-0.3, -0.25) is 9.78 Å². The Morgan fingerprint density at radius 2 is 2.24 bits per heavy atom. The van der Waals surface area contributed by atoms with E-state index in [0.29, 0.717) is 17.6 Å². The van der Waals surface area contributed by atoms with Gasteiger partial charge in [-0.2, -0.15) is 8.78 Å². The van der Waals surface area contributed by atoms with Crippen LogP contribution in [0.1, 0.15) is 6.92 Å². The Bertz CT molecular complexity index is 596. The molecule has 2 heterocycles. The molecule has 0 bridgehead atoms. The topological polar surface area (TPSA) is 44.1 Å². The minimum absolute atomic E-state index is 0.0553. The van der Waals surface area contributed by atoms with Crippen molar-refractivity contribution in [2.75, 3.05) is 0 Å². The van der Waals surface area contributed by atoms with Gasteiger partial charge in [-0.05, 0) is 13.0 Å². The summed E-state index contributed by atoms with van der Waals surface area (Å²) in [5.41, 5.74) is 0.849. The third-order valence-electron chi connectivity index (χ3n) is 2.35. The molecule has 0 aliphatic rings. The molecule has 0 fully saturated rings. The predicted molar refractivity (Wildman–Crippen MR) is 58.3 cm³/mol. The third-order valence-corrected chi connectivity index (χ3v) is 2.35. The highest BCUT2D eigenvalue weighted by atomic mass is 19.3. The lowest BCUT2D eigenvalue weighted by Crippen LogP contribution is -2.18. The first-order valence-electron chi connectivity index (χ1n) is 5.06. The largest absolute Gasteiger partial charge is 0.433 e. The molecule has 0 amide bonds. The zero-order valence-corrected chi connectivity index (χ0v) is 9.06. The molecule has 90 valence electrons. The van der Waals surface area contributed by atoms with Crippen LogP contribution in [0.4, 0.5) is 8.78 Å². The third kappa shape index (κ3) is 2.25. The molecule has 0 aromatic carbocycles. The van der Waals surface area contributed by atoms with Crippen LogP contribution in [0, 0.1) is 0 Å². The van der Waals surface area contributed by atoms with Crippen molar-refractivity contribution in [2.24, 2.45) is 0 Å². The zero-order valence-electron chi connectivity index (χ0n) is 9.06. The van der Waals surface area contributed by atoms with Crippen molar-refractivity contribution in [3.05, 3.63) is 34.7 Å². The SMILES string of the molecule is CCn1c(=O)ccc2ncc(OC(F)F)cc21. The molecule has 0 atom stereocenters. The van der Waals surface area contributed by atoms with Crippen LogP contribution in [-0.4, -0.2) is 16.2 Å². The van der Waals surface area contributed by atoms with Gasteiger partial charge in [0, 0.05) is 18.7 Å². The zero-order chi connectivity index (χ0) is 12.4. The summed E-state index contributed by atoms with van der Waals surface area (Å²) in [5, 5.41) is 0. The van der Waals surface area contributed by atoms with E-state index in [-0.39, 0.29) is 11.3 Å². The normalized spacial score (nSPS) is 11.1. The number of halogens is 2. The van der Waals surface area contributed by atoms with Crippen molar-refractivity contribution in [1.29, 1.82) is 0 Å². The molecule has 0 spiro atoms. The second kappa shape index (κ2) is 4.48. The Labute approximate surface area is 95.5 Å². The van der Waals surface area contributed by atoms with Gasteiger partial charge in [-0.1, -0.05) is 0 Å². The molecule has 17 heavy (non-hydrogen) atoms. The van der Waals surface area contributed by atoms with E-state index in [2.05, 4.69) is 9.72 Å². The van der Waals surface area contributed by atoms with Crippen LogP contribution < -0.4 is 10.3 Å². The van der Waals surface area contributed by atoms with Crippen molar-refractivity contribution in [3.63, 3.8) is 0 Å². The van der Waals surface area contributed by atoms with Crippen molar-refractivity contribution < 1.29 is 13.5 Å². The number of aryl methyl sites for hydroxylation is 1. The van der Waals surface area contributed by atoms with E-state index in [9.17, 15) is 13.6 Å². The summed E-state index contributed by atoms with van der Waals surface area (Å²) in [6, 6.07) is 4.34. The molecule has 2 aromatic rings. The van der Waals surface area contributed by atoms with Gasteiger partial charge in [0.25, 0.3) is 5.56 Å². The molecule has 0 aliphatic heterocycles. The molecule has 0 saturated heterocycles. The van der Waals surface area contributed by atoms with Gasteiger partial charge in [-0.15, -0.1) is 0 Å². The van der Waals surface area contributed by atoms with Crippen LogP contribution in [0.15, 0.2) is 29.2 Å². The van der Waals surface area contributed by atoms with Crippen LogP contribution in [-0.2, 0) is 6.54 Å². The maximum absolute atomic E-state index is 12.1. The molecule has 0 radical (unpaired) electrons. The quantitative estimate of drug-likeness (QED) is 0.824. The number of alkyl halides is 2. The predicted octanol–water partition coefficient (Wildman–Crippen LogP) is 2.02. The lowest BCUT2D eigenvalue weighted by atomic mass is 10.3. The lowest BCUT2D eigenvalue weighted by Gasteiger charge is -2.09. The number of fused-ring (bicyclic) bond motifs is 1. The Morgan fingerprint density at radius 1 is 1.47 bits per heavy atom. The second-order valence-corrected chi connectivity index (χ2v) is 3.37. The molecule has 2 rings (SSSR count). The monoisotopic (exact) mass is 240 g/mol. The molecule has 0 aliphatic carbocycles. The fraction of sp³-hybridized carbons (Fsp3) is 0.273. The van der Waals surface area contributed by atoms with Gasteiger partial charge in [-0.25, -0.2) is 0 Å². The Kier molecular flexibility index (Phi) is 3.03. The van der Waals surface area contributed by atoms with E-state index < -0.39 is 6.61 Å². The molecule has 2 aromatic heterocycles. The average molecular weight is 240 g/mol. The molecule has 4 nitrogen and oxygen atoms in total. The standard InChI is InChI=1S/C11H10F2N2O2/c1-2-15-9-5-7(17-11(12)13)6-14-8(9)3-4-10(15)16/h3-6,11H,2H2,1H3. The number of hydrogen-bond acceptors (Lipinski definition) is 3. The van der Waals surface area contributed by atoms with E-state index in [4.69, 9.17) is 0 Å². The minimum Gasteiger partial charge on any atom is -0.433 e. The number of ether oxygens (including phenoxy) is 1. The van der Waals surface area contributed by atoms with Crippen molar-refractivity contribution >= 4 is 11.0 Å². The fourth-order valence-corrected chi connectivity index (χ4v) is 1.64. The lowest BCUT2D eigenvalue weighted by molar-refractivity contribution is -0.0499. The average Bonchev–Trinajstić information content (AvgIpc) is 2.28. The van der Waals surface area contributed by atoms with Gasteiger partial charge in [0.2, 0.25) is 0 Å². The van der Waals surface area contributed by atoms with Gasteiger partial charge < -0.3 is 9.30 Å². The highest BCUT2D eigenvalue weighted by Gasteiger charge is 2.08. The smallest absolute Gasteiger partial charge is 0.387 e. The molecule has 6 heteroatoms. The van der Waals surface area contributed by atoms with Crippen LogP contribution in [0.5, 0.6) is 5.75 Å². The number of aromatic nitrogens is 2. The maximum atomic E-state index is 12.1. The van der Waals surface area contributed by atoms with Crippen molar-refractivity contribution in [1.82, 2.24) is 9.55 Å².